The summed E-state index contributed by atoms with van der Waals surface area (Å²) in [5, 5.41) is 9.79. The van der Waals surface area contributed by atoms with Gasteiger partial charge in [-0.2, -0.15) is 4.98 Å². The average molecular weight is 399 g/mol. The van der Waals surface area contributed by atoms with E-state index in [4.69, 9.17) is 4.52 Å². The zero-order valence-electron chi connectivity index (χ0n) is 16.7. The Balaban J connectivity index is 1.47. The quantitative estimate of drug-likeness (QED) is 0.493. The lowest BCUT2D eigenvalue weighted by molar-refractivity contribution is 0.262. The van der Waals surface area contributed by atoms with Gasteiger partial charge in [0.05, 0.1) is 6.42 Å². The van der Waals surface area contributed by atoms with Crippen LogP contribution in [-0.4, -0.2) is 21.2 Å². The molecule has 0 atom stereocenters. The van der Waals surface area contributed by atoms with E-state index in [1.54, 1.807) is 12.4 Å². The second-order valence-electron chi connectivity index (χ2n) is 6.97. The second-order valence-corrected chi connectivity index (χ2v) is 6.97. The summed E-state index contributed by atoms with van der Waals surface area (Å²) in [5.74, 6) is 0.939. The number of carbonyl (C=O) groups excluding carboxylic acids is 1. The number of carbonyl (C=O) groups is 1. The number of rotatable bonds is 5. The van der Waals surface area contributed by atoms with Gasteiger partial charge in [0.2, 0.25) is 11.7 Å². The van der Waals surface area contributed by atoms with Gasteiger partial charge in [0.15, 0.2) is 0 Å². The number of pyridine rings is 1. The SMILES string of the molecule is Cc1ccc(NC(=O)Nc2ccccc2Cc2nc(-c3cccnc3)no2)cc1C. The third-order valence-electron chi connectivity index (χ3n) is 4.76. The van der Waals surface area contributed by atoms with Gasteiger partial charge in [0, 0.05) is 29.3 Å². The molecule has 2 aromatic heterocycles. The van der Waals surface area contributed by atoms with Crippen LogP contribution >= 0.6 is 0 Å². The number of benzene rings is 2. The molecule has 150 valence electrons. The van der Waals surface area contributed by atoms with Crippen LogP contribution in [0.4, 0.5) is 16.2 Å². The Bertz CT molecular complexity index is 1170. The Morgan fingerprint density at radius 2 is 1.87 bits per heavy atom. The van der Waals surface area contributed by atoms with Crippen molar-refractivity contribution in [2.24, 2.45) is 0 Å². The number of aryl methyl sites for hydroxylation is 2. The molecule has 0 aliphatic rings. The summed E-state index contributed by atoms with van der Waals surface area (Å²) in [6, 6.07) is 16.7. The van der Waals surface area contributed by atoms with Crippen molar-refractivity contribution in [2.45, 2.75) is 20.3 Å². The molecular formula is C23H21N5O2. The fraction of sp³-hybridized carbons (Fsp3) is 0.130. The third kappa shape index (κ3) is 4.52. The largest absolute Gasteiger partial charge is 0.339 e. The molecule has 0 radical (unpaired) electrons. The first-order chi connectivity index (χ1) is 14.6. The zero-order chi connectivity index (χ0) is 20.9. The average Bonchev–Trinajstić information content (AvgIpc) is 3.21. The van der Waals surface area contributed by atoms with Crippen LogP contribution in [0, 0.1) is 13.8 Å². The third-order valence-corrected chi connectivity index (χ3v) is 4.76. The minimum absolute atomic E-state index is 0.313. The van der Waals surface area contributed by atoms with Crippen molar-refractivity contribution in [3.05, 3.63) is 89.6 Å². The molecule has 7 heteroatoms. The van der Waals surface area contributed by atoms with Crippen LogP contribution in [-0.2, 0) is 6.42 Å². The van der Waals surface area contributed by atoms with Crippen LogP contribution in [0.3, 0.4) is 0 Å². The number of nitrogens with zero attached hydrogens (tertiary/aromatic N) is 3. The van der Waals surface area contributed by atoms with Crippen molar-refractivity contribution >= 4 is 17.4 Å². The number of nitrogens with one attached hydrogen (secondary N) is 2. The van der Waals surface area contributed by atoms with Crippen LogP contribution in [0.1, 0.15) is 22.6 Å². The Hall–Kier alpha value is -4.00. The molecule has 0 spiro atoms. The van der Waals surface area contributed by atoms with Crippen molar-refractivity contribution in [3.63, 3.8) is 0 Å². The van der Waals surface area contributed by atoms with Crippen LogP contribution < -0.4 is 10.6 Å². The minimum atomic E-state index is -0.313. The van der Waals surface area contributed by atoms with E-state index in [-0.39, 0.29) is 6.03 Å². The van der Waals surface area contributed by atoms with E-state index < -0.39 is 0 Å². The highest BCUT2D eigenvalue weighted by Crippen LogP contribution is 2.21. The van der Waals surface area contributed by atoms with Gasteiger partial charge >= 0.3 is 6.03 Å². The van der Waals surface area contributed by atoms with Crippen LogP contribution in [0.2, 0.25) is 0 Å². The van der Waals surface area contributed by atoms with Crippen LogP contribution in [0.15, 0.2) is 71.5 Å². The molecule has 0 bridgehead atoms. The van der Waals surface area contributed by atoms with Gasteiger partial charge in [0.25, 0.3) is 0 Å². The lowest BCUT2D eigenvalue weighted by atomic mass is 10.1. The first-order valence-electron chi connectivity index (χ1n) is 9.54. The number of aromatic nitrogens is 3. The summed E-state index contributed by atoms with van der Waals surface area (Å²) in [6.45, 7) is 4.05. The highest BCUT2D eigenvalue weighted by atomic mass is 16.5. The topological polar surface area (TPSA) is 92.9 Å². The number of anilines is 2. The Labute approximate surface area is 174 Å². The fourth-order valence-corrected chi connectivity index (χ4v) is 3.00. The molecule has 4 rings (SSSR count). The van der Waals surface area contributed by atoms with E-state index in [0.717, 1.165) is 22.4 Å². The maximum Gasteiger partial charge on any atom is 0.323 e. The van der Waals surface area contributed by atoms with Crippen LogP contribution in [0.25, 0.3) is 11.4 Å². The molecule has 30 heavy (non-hydrogen) atoms. The molecule has 0 aliphatic heterocycles. The maximum atomic E-state index is 12.5. The summed E-state index contributed by atoms with van der Waals surface area (Å²) >= 11 is 0. The van der Waals surface area contributed by atoms with Gasteiger partial charge in [-0.25, -0.2) is 4.79 Å². The van der Waals surface area contributed by atoms with E-state index in [1.165, 1.54) is 5.56 Å². The van der Waals surface area contributed by atoms with E-state index in [9.17, 15) is 4.79 Å². The Morgan fingerprint density at radius 3 is 2.67 bits per heavy atom. The van der Waals surface area contributed by atoms with Crippen molar-refractivity contribution in [1.82, 2.24) is 15.1 Å². The number of hydrogen-bond acceptors (Lipinski definition) is 5. The van der Waals surface area contributed by atoms with Gasteiger partial charge in [0.1, 0.15) is 0 Å². The first-order valence-corrected chi connectivity index (χ1v) is 9.54. The number of para-hydroxylation sites is 1. The molecule has 4 aromatic rings. The second kappa shape index (κ2) is 8.57. The fourth-order valence-electron chi connectivity index (χ4n) is 3.00. The molecule has 0 fully saturated rings. The van der Waals surface area contributed by atoms with Crippen molar-refractivity contribution in [2.75, 3.05) is 10.6 Å². The monoisotopic (exact) mass is 399 g/mol. The Morgan fingerprint density at radius 1 is 1.00 bits per heavy atom. The lowest BCUT2D eigenvalue weighted by Gasteiger charge is -2.12. The summed E-state index contributed by atoms with van der Waals surface area (Å²) in [7, 11) is 0. The van der Waals surface area contributed by atoms with Crippen molar-refractivity contribution < 1.29 is 9.32 Å². The van der Waals surface area contributed by atoms with Crippen molar-refractivity contribution in [3.8, 4) is 11.4 Å². The predicted octanol–water partition coefficient (Wildman–Crippen LogP) is 4.98. The smallest absolute Gasteiger partial charge is 0.323 e. The van der Waals surface area contributed by atoms with E-state index >= 15 is 0 Å². The number of hydrogen-bond donors (Lipinski definition) is 2. The number of amides is 2. The summed E-state index contributed by atoms with van der Waals surface area (Å²) < 4.78 is 5.39. The predicted molar refractivity (Wildman–Crippen MR) is 115 cm³/mol. The molecule has 2 amide bonds. The van der Waals surface area contributed by atoms with Gasteiger partial charge < -0.3 is 15.2 Å². The highest BCUT2D eigenvalue weighted by Gasteiger charge is 2.13. The minimum Gasteiger partial charge on any atom is -0.339 e. The van der Waals surface area contributed by atoms with E-state index in [0.29, 0.717) is 23.8 Å². The van der Waals surface area contributed by atoms with Gasteiger partial charge in [-0.1, -0.05) is 29.4 Å². The molecule has 0 saturated heterocycles. The maximum absolute atomic E-state index is 12.5. The zero-order valence-corrected chi connectivity index (χ0v) is 16.7. The molecule has 2 heterocycles. The molecule has 0 unspecified atom stereocenters. The molecule has 2 N–H and O–H groups in total. The van der Waals surface area contributed by atoms with E-state index in [1.807, 2.05) is 68.4 Å². The molecule has 2 aromatic carbocycles. The lowest BCUT2D eigenvalue weighted by Crippen LogP contribution is -2.20. The summed E-state index contributed by atoms with van der Waals surface area (Å²) in [4.78, 5) is 21.0. The molecule has 0 aliphatic carbocycles. The molecular weight excluding hydrogens is 378 g/mol. The molecule has 7 nitrogen and oxygen atoms in total. The Kier molecular flexibility index (Phi) is 5.52. The standard InChI is InChI=1S/C23H21N5O2/c1-15-9-10-19(12-16(15)2)25-23(29)26-20-8-4-3-6-17(20)13-21-27-22(28-30-21)18-7-5-11-24-14-18/h3-12,14H,13H2,1-2H3,(H2,25,26,29). The van der Waals surface area contributed by atoms with Gasteiger partial charge in [-0.3, -0.25) is 4.98 Å². The van der Waals surface area contributed by atoms with Crippen LogP contribution in [0.5, 0.6) is 0 Å². The van der Waals surface area contributed by atoms with Crippen molar-refractivity contribution in [1.29, 1.82) is 0 Å². The normalized spacial score (nSPS) is 10.6. The highest BCUT2D eigenvalue weighted by molar-refractivity contribution is 6.00. The summed E-state index contributed by atoms with van der Waals surface area (Å²) in [5.41, 5.74) is 5.37. The summed E-state index contributed by atoms with van der Waals surface area (Å²) in [6.07, 6.45) is 3.77. The van der Waals surface area contributed by atoms with Gasteiger partial charge in [-0.05, 0) is 60.9 Å². The van der Waals surface area contributed by atoms with E-state index in [2.05, 4.69) is 25.8 Å². The molecule has 0 saturated carbocycles. The first kappa shape index (κ1) is 19.3. The number of urea groups is 1. The van der Waals surface area contributed by atoms with Gasteiger partial charge in [-0.15, -0.1) is 0 Å².